The van der Waals surface area contributed by atoms with Gasteiger partial charge in [0.1, 0.15) is 11.9 Å². The highest BCUT2D eigenvalue weighted by Gasteiger charge is 2.30. The van der Waals surface area contributed by atoms with E-state index in [4.69, 9.17) is 9.47 Å². The third kappa shape index (κ3) is 3.22. The van der Waals surface area contributed by atoms with Crippen molar-refractivity contribution < 1.29 is 14.3 Å². The average molecular weight is 318 g/mol. The smallest absolute Gasteiger partial charge is 0.273 e. The van der Waals surface area contributed by atoms with Crippen molar-refractivity contribution in [1.29, 1.82) is 0 Å². The van der Waals surface area contributed by atoms with Crippen LogP contribution in [0.2, 0.25) is 0 Å². The van der Waals surface area contributed by atoms with E-state index in [-0.39, 0.29) is 12.0 Å². The van der Waals surface area contributed by atoms with Gasteiger partial charge >= 0.3 is 0 Å². The molecule has 6 heteroatoms. The van der Waals surface area contributed by atoms with Gasteiger partial charge in [0.05, 0.1) is 18.7 Å². The number of aromatic nitrogens is 1. The summed E-state index contributed by atoms with van der Waals surface area (Å²) in [6, 6.07) is 7.37. The Balaban J connectivity index is 1.66. The van der Waals surface area contributed by atoms with E-state index in [0.29, 0.717) is 36.2 Å². The minimum Gasteiger partial charge on any atom is -0.493 e. The van der Waals surface area contributed by atoms with E-state index in [9.17, 15) is 4.79 Å². The van der Waals surface area contributed by atoms with Gasteiger partial charge in [0.2, 0.25) is 0 Å². The zero-order valence-corrected chi connectivity index (χ0v) is 13.2. The molecule has 0 radical (unpaired) electrons. The quantitative estimate of drug-likeness (QED) is 0.850. The van der Waals surface area contributed by atoms with Gasteiger partial charge in [-0.05, 0) is 19.1 Å². The zero-order chi connectivity index (χ0) is 15.4. The van der Waals surface area contributed by atoms with Crippen LogP contribution in [-0.4, -0.2) is 41.6 Å². The molecule has 116 valence electrons. The molecule has 0 N–H and O–H groups in total. The van der Waals surface area contributed by atoms with Crippen molar-refractivity contribution in [2.24, 2.45) is 0 Å². The number of para-hydroxylation sites is 1. The van der Waals surface area contributed by atoms with Crippen LogP contribution in [0.3, 0.4) is 0 Å². The summed E-state index contributed by atoms with van der Waals surface area (Å²) in [4.78, 5) is 18.6. The first-order chi connectivity index (χ1) is 10.8. The van der Waals surface area contributed by atoms with Crippen LogP contribution in [0.4, 0.5) is 0 Å². The van der Waals surface area contributed by atoms with Gasteiger partial charge in [-0.25, -0.2) is 4.98 Å². The lowest BCUT2D eigenvalue weighted by atomic mass is 10.2. The van der Waals surface area contributed by atoms with Gasteiger partial charge in [0.25, 0.3) is 11.1 Å². The highest BCUT2D eigenvalue weighted by Crippen LogP contribution is 2.24. The Morgan fingerprint density at radius 1 is 1.45 bits per heavy atom. The fourth-order valence-corrected chi connectivity index (χ4v) is 3.07. The molecule has 1 unspecified atom stereocenters. The van der Waals surface area contributed by atoms with E-state index in [2.05, 4.69) is 4.98 Å². The van der Waals surface area contributed by atoms with Gasteiger partial charge in [-0.1, -0.05) is 23.5 Å². The third-order valence-corrected chi connectivity index (χ3v) is 4.19. The van der Waals surface area contributed by atoms with Gasteiger partial charge in [0, 0.05) is 24.5 Å². The Kier molecular flexibility index (Phi) is 4.58. The maximum absolute atomic E-state index is 12.7. The lowest BCUT2D eigenvalue weighted by Crippen LogP contribution is -2.31. The van der Waals surface area contributed by atoms with Gasteiger partial charge in [-0.15, -0.1) is 0 Å². The number of thiazole rings is 1. The number of nitrogens with zero attached hydrogens (tertiary/aromatic N) is 2. The molecule has 3 rings (SSSR count). The summed E-state index contributed by atoms with van der Waals surface area (Å²) in [6.07, 6.45) is 2.55. The van der Waals surface area contributed by atoms with Crippen LogP contribution in [0.1, 0.15) is 23.7 Å². The Hall–Kier alpha value is -2.08. The molecule has 5 nitrogen and oxygen atoms in total. The summed E-state index contributed by atoms with van der Waals surface area (Å²) in [5, 5.41) is 2.54. The molecule has 1 aromatic carbocycles. The number of rotatable bonds is 5. The molecule has 1 aliphatic heterocycles. The van der Waals surface area contributed by atoms with Crippen molar-refractivity contribution in [1.82, 2.24) is 9.88 Å². The number of likely N-dealkylation sites (tertiary alicyclic amines) is 1. The lowest BCUT2D eigenvalue weighted by molar-refractivity contribution is 0.0768. The molecule has 1 aromatic heterocycles. The fraction of sp³-hybridized carbons (Fsp3) is 0.375. The Morgan fingerprint density at radius 3 is 3.09 bits per heavy atom. The van der Waals surface area contributed by atoms with Crippen LogP contribution in [0, 0.1) is 0 Å². The van der Waals surface area contributed by atoms with Crippen molar-refractivity contribution in [2.75, 3.05) is 19.7 Å². The second-order valence-corrected chi connectivity index (χ2v) is 5.86. The normalized spacial score (nSPS) is 17.5. The molecule has 1 atom stereocenters. The number of ether oxygens (including phenoxy) is 2. The average Bonchev–Trinajstić information content (AvgIpc) is 3.20. The summed E-state index contributed by atoms with van der Waals surface area (Å²) in [6.45, 7) is 3.73. The standard InChI is InChI=1S/C16H18N2O3S/c1-2-20-14-6-4-3-5-13(14)15(19)18-9-7-12(11-18)21-16-17-8-10-22-16/h3-6,8,10,12H,2,7,9,11H2,1H3. The topological polar surface area (TPSA) is 51.7 Å². The van der Waals surface area contributed by atoms with Crippen LogP contribution in [0.5, 0.6) is 10.9 Å². The minimum absolute atomic E-state index is 0.00529. The van der Waals surface area contributed by atoms with Gasteiger partial charge in [-0.3, -0.25) is 4.79 Å². The van der Waals surface area contributed by atoms with E-state index in [1.165, 1.54) is 11.3 Å². The molecule has 0 saturated carbocycles. The fourth-order valence-electron chi connectivity index (χ4n) is 2.52. The maximum atomic E-state index is 12.7. The molecule has 1 aliphatic rings. The van der Waals surface area contributed by atoms with E-state index in [1.807, 2.05) is 41.5 Å². The maximum Gasteiger partial charge on any atom is 0.273 e. The summed E-state index contributed by atoms with van der Waals surface area (Å²) >= 11 is 1.47. The number of hydrogen-bond acceptors (Lipinski definition) is 5. The van der Waals surface area contributed by atoms with Crippen molar-refractivity contribution in [2.45, 2.75) is 19.4 Å². The second kappa shape index (κ2) is 6.79. The zero-order valence-electron chi connectivity index (χ0n) is 12.4. The number of carbonyl (C=O) groups is 1. The molecule has 1 saturated heterocycles. The van der Waals surface area contributed by atoms with Gasteiger partial charge in [0.15, 0.2) is 0 Å². The molecule has 2 aromatic rings. The molecule has 2 heterocycles. The van der Waals surface area contributed by atoms with Gasteiger partial charge < -0.3 is 14.4 Å². The van der Waals surface area contributed by atoms with Crippen molar-refractivity contribution in [3.63, 3.8) is 0 Å². The Labute approximate surface area is 133 Å². The first-order valence-corrected chi connectivity index (χ1v) is 8.23. The lowest BCUT2D eigenvalue weighted by Gasteiger charge is -2.18. The molecule has 0 bridgehead atoms. The monoisotopic (exact) mass is 318 g/mol. The van der Waals surface area contributed by atoms with Crippen molar-refractivity contribution >= 4 is 17.2 Å². The number of hydrogen-bond donors (Lipinski definition) is 0. The Bertz CT molecular complexity index is 630. The van der Waals surface area contributed by atoms with Crippen LogP contribution >= 0.6 is 11.3 Å². The predicted molar refractivity (Wildman–Crippen MR) is 84.7 cm³/mol. The first kappa shape index (κ1) is 14.8. The van der Waals surface area contributed by atoms with Crippen molar-refractivity contribution in [3.05, 3.63) is 41.4 Å². The van der Waals surface area contributed by atoms with E-state index in [1.54, 1.807) is 6.20 Å². The third-order valence-electron chi connectivity index (χ3n) is 3.53. The Morgan fingerprint density at radius 2 is 2.32 bits per heavy atom. The number of benzene rings is 1. The number of carbonyl (C=O) groups excluding carboxylic acids is 1. The predicted octanol–water partition coefficient (Wildman–Crippen LogP) is 2.84. The molecule has 22 heavy (non-hydrogen) atoms. The SMILES string of the molecule is CCOc1ccccc1C(=O)N1CCC(Oc2nccs2)C1. The summed E-state index contributed by atoms with van der Waals surface area (Å²) in [7, 11) is 0. The summed E-state index contributed by atoms with van der Waals surface area (Å²) in [5.41, 5.74) is 0.610. The molecular weight excluding hydrogens is 300 g/mol. The minimum atomic E-state index is -0.00529. The summed E-state index contributed by atoms with van der Waals surface area (Å²) < 4.78 is 11.3. The second-order valence-electron chi connectivity index (χ2n) is 5.01. The summed E-state index contributed by atoms with van der Waals surface area (Å²) in [5.74, 6) is 0.633. The van der Waals surface area contributed by atoms with Gasteiger partial charge in [-0.2, -0.15) is 0 Å². The van der Waals surface area contributed by atoms with Crippen LogP contribution in [0.25, 0.3) is 0 Å². The van der Waals surface area contributed by atoms with E-state index >= 15 is 0 Å². The van der Waals surface area contributed by atoms with E-state index < -0.39 is 0 Å². The van der Waals surface area contributed by atoms with Crippen molar-refractivity contribution in [3.8, 4) is 10.9 Å². The molecule has 0 spiro atoms. The van der Waals surface area contributed by atoms with E-state index in [0.717, 1.165) is 6.42 Å². The molecule has 1 fully saturated rings. The van der Waals surface area contributed by atoms with Crippen LogP contribution in [0.15, 0.2) is 35.8 Å². The number of amides is 1. The van der Waals surface area contributed by atoms with Crippen LogP contribution in [-0.2, 0) is 0 Å². The first-order valence-electron chi connectivity index (χ1n) is 7.35. The molecular formula is C16H18N2O3S. The molecule has 0 aliphatic carbocycles. The largest absolute Gasteiger partial charge is 0.493 e. The highest BCUT2D eigenvalue weighted by atomic mass is 32.1. The van der Waals surface area contributed by atoms with Crippen LogP contribution < -0.4 is 9.47 Å². The highest BCUT2D eigenvalue weighted by molar-refractivity contribution is 7.11. The molecule has 1 amide bonds.